The third kappa shape index (κ3) is 6.69. The van der Waals surface area contributed by atoms with Crippen LogP contribution in [0.3, 0.4) is 0 Å². The maximum atomic E-state index is 13.8. The zero-order valence-electron chi connectivity index (χ0n) is 24.9. The van der Waals surface area contributed by atoms with Crippen molar-refractivity contribution in [3.8, 4) is 5.75 Å². The Bertz CT molecular complexity index is 1350. The van der Waals surface area contributed by atoms with Crippen molar-refractivity contribution in [2.75, 3.05) is 32.0 Å². The average molecular weight is 595 g/mol. The number of rotatable bonds is 9. The number of esters is 1. The molecule has 0 unspecified atom stereocenters. The highest BCUT2D eigenvalue weighted by Gasteiger charge is 2.59. The van der Waals surface area contributed by atoms with Crippen molar-refractivity contribution >= 4 is 23.7 Å². The maximum absolute atomic E-state index is 13.8. The first-order valence-electron chi connectivity index (χ1n) is 14.4. The first-order valence-corrected chi connectivity index (χ1v) is 14.4. The summed E-state index contributed by atoms with van der Waals surface area (Å²) in [5.74, 6) is -0.129. The van der Waals surface area contributed by atoms with Gasteiger partial charge in [-0.05, 0) is 43.7 Å². The lowest BCUT2D eigenvalue weighted by molar-refractivity contribution is -0.147. The summed E-state index contributed by atoms with van der Waals surface area (Å²) < 4.78 is 34.4. The van der Waals surface area contributed by atoms with Gasteiger partial charge in [-0.3, -0.25) is 14.5 Å². The van der Waals surface area contributed by atoms with Gasteiger partial charge in [0.25, 0.3) is 5.91 Å². The van der Waals surface area contributed by atoms with E-state index in [4.69, 9.17) is 28.4 Å². The van der Waals surface area contributed by atoms with E-state index in [0.29, 0.717) is 43.1 Å². The predicted molar refractivity (Wildman–Crippen MR) is 155 cm³/mol. The summed E-state index contributed by atoms with van der Waals surface area (Å²) in [5.41, 5.74) is 1.05. The molecule has 2 amide bonds. The summed E-state index contributed by atoms with van der Waals surface area (Å²) in [6.07, 6.45) is 2.25. The smallest absolute Gasteiger partial charge is 0.412 e. The Balaban J connectivity index is 1.53. The third-order valence-corrected chi connectivity index (χ3v) is 7.76. The van der Waals surface area contributed by atoms with Crippen molar-refractivity contribution in [3.05, 3.63) is 71.8 Å². The summed E-state index contributed by atoms with van der Waals surface area (Å²) in [7, 11) is 1.59. The van der Waals surface area contributed by atoms with E-state index in [2.05, 4.69) is 0 Å². The van der Waals surface area contributed by atoms with Gasteiger partial charge >= 0.3 is 12.1 Å². The molecule has 230 valence electrons. The van der Waals surface area contributed by atoms with E-state index in [1.165, 1.54) is 13.0 Å². The molecule has 11 nitrogen and oxygen atoms in total. The number of amides is 2. The van der Waals surface area contributed by atoms with Crippen molar-refractivity contribution in [1.29, 1.82) is 0 Å². The standard InChI is InChI=1S/C32H38N2O9/c1-21(35)42-24-11-8-12-28(36)33-26-14-13-23(41-20-39-16-15-38-4)17-25(26)29-30(27(33)18-24)43-32(2,3)34(29)31(37)40-19-22-9-6-5-7-10-22/h5-10,12-14,17,24,27,29-30H,11,15-16,18-20H2,1-4H3/b12-8-/t24-,27-,29-,30-/m0/s1. The molecule has 0 aliphatic carbocycles. The molecule has 43 heavy (non-hydrogen) atoms. The maximum Gasteiger partial charge on any atom is 0.412 e. The molecule has 1 saturated heterocycles. The summed E-state index contributed by atoms with van der Waals surface area (Å²) in [6.45, 7) is 5.86. The highest BCUT2D eigenvalue weighted by Crippen LogP contribution is 2.52. The summed E-state index contributed by atoms with van der Waals surface area (Å²) in [6, 6.07) is 13.6. The molecule has 11 heteroatoms. The van der Waals surface area contributed by atoms with E-state index < -0.39 is 42.1 Å². The lowest BCUT2D eigenvalue weighted by atomic mass is 9.84. The van der Waals surface area contributed by atoms with Gasteiger partial charge in [-0.2, -0.15) is 0 Å². The minimum Gasteiger partial charge on any atom is -0.468 e. The average Bonchev–Trinajstić information content (AvgIpc) is 3.26. The molecule has 3 aliphatic rings. The number of benzene rings is 2. The lowest BCUT2D eigenvalue weighted by Gasteiger charge is -2.45. The SMILES string of the molecule is COCCOCOc1ccc2c(c1)[C@H]1[C@@H](OC(C)(C)N1C(=O)OCc1ccccc1)[C@@H]1C[C@@H](OC(C)=O)C/C=C\C(=O)N21. The normalized spacial score (nSPS) is 24.6. The van der Waals surface area contributed by atoms with Gasteiger partial charge in [-0.1, -0.05) is 36.4 Å². The van der Waals surface area contributed by atoms with Gasteiger partial charge in [0, 0.05) is 32.4 Å². The predicted octanol–water partition coefficient (Wildman–Crippen LogP) is 4.50. The van der Waals surface area contributed by atoms with Crippen LogP contribution in [0.1, 0.15) is 50.8 Å². The number of carbonyl (C=O) groups excluding carboxylic acids is 3. The highest BCUT2D eigenvalue weighted by atomic mass is 16.7. The Labute approximate surface area is 251 Å². The molecule has 3 heterocycles. The third-order valence-electron chi connectivity index (χ3n) is 7.76. The van der Waals surface area contributed by atoms with Crippen LogP contribution in [0.4, 0.5) is 10.5 Å². The molecule has 4 atom stereocenters. The second-order valence-electron chi connectivity index (χ2n) is 11.1. The minimum absolute atomic E-state index is 0.000854. The van der Waals surface area contributed by atoms with Crippen molar-refractivity contribution in [1.82, 2.24) is 4.90 Å². The zero-order valence-corrected chi connectivity index (χ0v) is 24.9. The number of hydrogen-bond donors (Lipinski definition) is 0. The zero-order chi connectivity index (χ0) is 30.6. The quantitative estimate of drug-likeness (QED) is 0.235. The van der Waals surface area contributed by atoms with E-state index in [0.717, 1.165) is 5.56 Å². The molecule has 0 saturated carbocycles. The Morgan fingerprint density at radius 1 is 1.09 bits per heavy atom. The van der Waals surface area contributed by atoms with Crippen molar-refractivity contribution < 1.29 is 42.8 Å². The fourth-order valence-corrected chi connectivity index (χ4v) is 6.00. The summed E-state index contributed by atoms with van der Waals surface area (Å²) >= 11 is 0. The van der Waals surface area contributed by atoms with E-state index in [9.17, 15) is 14.4 Å². The number of hydrogen-bond acceptors (Lipinski definition) is 9. The fraction of sp³-hybridized carbons (Fsp3) is 0.469. The number of anilines is 1. The van der Waals surface area contributed by atoms with Crippen LogP contribution in [0.2, 0.25) is 0 Å². The Kier molecular flexibility index (Phi) is 9.34. The van der Waals surface area contributed by atoms with Gasteiger partial charge in [-0.25, -0.2) is 4.79 Å². The van der Waals surface area contributed by atoms with E-state index >= 15 is 0 Å². The van der Waals surface area contributed by atoms with Crippen molar-refractivity contribution in [2.45, 2.75) is 70.2 Å². The number of carbonyl (C=O) groups is 3. The Morgan fingerprint density at radius 2 is 1.88 bits per heavy atom. The van der Waals surface area contributed by atoms with Crippen LogP contribution in [0, 0.1) is 0 Å². The van der Waals surface area contributed by atoms with Gasteiger partial charge in [0.15, 0.2) is 6.79 Å². The molecular formula is C32H38N2O9. The van der Waals surface area contributed by atoms with Crippen LogP contribution in [0.15, 0.2) is 60.7 Å². The molecule has 1 fully saturated rings. The van der Waals surface area contributed by atoms with Crippen LogP contribution in [-0.4, -0.2) is 74.0 Å². The molecule has 3 aliphatic heterocycles. The van der Waals surface area contributed by atoms with Crippen molar-refractivity contribution in [2.24, 2.45) is 0 Å². The van der Waals surface area contributed by atoms with E-state index in [1.54, 1.807) is 49.0 Å². The Morgan fingerprint density at radius 3 is 2.63 bits per heavy atom. The molecule has 2 aromatic carbocycles. The monoisotopic (exact) mass is 594 g/mol. The van der Waals surface area contributed by atoms with Gasteiger partial charge in [0.2, 0.25) is 0 Å². The second-order valence-corrected chi connectivity index (χ2v) is 11.1. The number of fused-ring (bicyclic) bond motifs is 6. The van der Waals surface area contributed by atoms with E-state index in [1.807, 2.05) is 36.4 Å². The molecule has 0 N–H and O–H groups in total. The molecule has 0 radical (unpaired) electrons. The van der Waals surface area contributed by atoms with Gasteiger partial charge in [0.1, 0.15) is 30.3 Å². The summed E-state index contributed by atoms with van der Waals surface area (Å²) in [4.78, 5) is 42.6. The second kappa shape index (κ2) is 13.2. The van der Waals surface area contributed by atoms with Gasteiger partial charge in [0.05, 0.1) is 31.0 Å². The number of ether oxygens (including phenoxy) is 6. The first-order chi connectivity index (χ1) is 20.7. The number of methoxy groups -OCH3 is 1. The number of nitrogens with zero attached hydrogens (tertiary/aromatic N) is 2. The van der Waals surface area contributed by atoms with Gasteiger partial charge in [-0.15, -0.1) is 0 Å². The molecular weight excluding hydrogens is 556 g/mol. The molecule has 0 spiro atoms. The van der Waals surface area contributed by atoms with Gasteiger partial charge < -0.3 is 33.3 Å². The van der Waals surface area contributed by atoms with Crippen LogP contribution in [0.25, 0.3) is 0 Å². The molecule has 2 aromatic rings. The minimum atomic E-state index is -1.09. The fourth-order valence-electron chi connectivity index (χ4n) is 6.00. The molecule has 0 bridgehead atoms. The summed E-state index contributed by atoms with van der Waals surface area (Å²) in [5, 5.41) is 0. The largest absolute Gasteiger partial charge is 0.468 e. The van der Waals surface area contributed by atoms with Crippen LogP contribution < -0.4 is 9.64 Å². The lowest BCUT2D eigenvalue weighted by Crippen LogP contribution is -2.55. The molecule has 0 aromatic heterocycles. The highest BCUT2D eigenvalue weighted by molar-refractivity contribution is 6.03. The molecule has 5 rings (SSSR count). The Hall–Kier alpha value is -3.93. The van der Waals surface area contributed by atoms with Crippen LogP contribution in [-0.2, 0) is 39.9 Å². The first kappa shape index (κ1) is 30.5. The van der Waals surface area contributed by atoms with Crippen LogP contribution in [0.5, 0.6) is 5.75 Å². The topological polar surface area (TPSA) is 113 Å². The van der Waals surface area contributed by atoms with Crippen molar-refractivity contribution in [3.63, 3.8) is 0 Å². The van der Waals surface area contributed by atoms with E-state index in [-0.39, 0.29) is 19.3 Å². The van der Waals surface area contributed by atoms with Crippen LogP contribution >= 0.6 is 0 Å².